The fourth-order valence-corrected chi connectivity index (χ4v) is 2.62. The lowest BCUT2D eigenvalue weighted by atomic mass is 10.00. The molecule has 0 saturated carbocycles. The molecule has 19 heavy (non-hydrogen) atoms. The molecule has 2 aromatic carbocycles. The van der Waals surface area contributed by atoms with Crippen LogP contribution in [0.1, 0.15) is 38.2 Å². The van der Waals surface area contributed by atoms with Crippen molar-refractivity contribution in [3.8, 4) is 0 Å². The zero-order chi connectivity index (χ0) is 13.7. The molecular weight excluding hydrogens is 230 g/mol. The molecule has 0 aliphatic rings. The summed E-state index contributed by atoms with van der Waals surface area (Å²) >= 11 is 0. The molecule has 2 aromatic rings. The van der Waals surface area contributed by atoms with Gasteiger partial charge in [0.05, 0.1) is 0 Å². The average Bonchev–Trinajstić information content (AvgIpc) is 2.42. The normalized spacial score (nSPS) is 10.9. The van der Waals surface area contributed by atoms with Crippen LogP contribution in [0.15, 0.2) is 36.4 Å². The van der Waals surface area contributed by atoms with Crippen molar-refractivity contribution in [1.29, 1.82) is 0 Å². The molecule has 0 aromatic heterocycles. The zero-order valence-electron chi connectivity index (χ0n) is 12.4. The number of rotatable bonds is 6. The van der Waals surface area contributed by atoms with Crippen LogP contribution in [0, 0.1) is 0 Å². The predicted molar refractivity (Wildman–Crippen MR) is 86.1 cm³/mol. The van der Waals surface area contributed by atoms with Crippen molar-refractivity contribution in [3.63, 3.8) is 0 Å². The van der Waals surface area contributed by atoms with Crippen LogP contribution in [0.4, 0.5) is 5.69 Å². The van der Waals surface area contributed by atoms with Gasteiger partial charge in [-0.15, -0.1) is 0 Å². The van der Waals surface area contributed by atoms with E-state index in [0.717, 1.165) is 0 Å². The molecule has 0 unspecified atom stereocenters. The molecule has 0 heterocycles. The van der Waals surface area contributed by atoms with Crippen LogP contribution < -0.4 is 4.90 Å². The van der Waals surface area contributed by atoms with Crippen molar-refractivity contribution >= 4 is 16.5 Å². The van der Waals surface area contributed by atoms with Crippen LogP contribution in [-0.2, 0) is 6.42 Å². The molecule has 0 N–H and O–H groups in total. The first-order chi connectivity index (χ1) is 9.22. The SMILES string of the molecule is CCCCCCc1cc(N(C)C)c2ccccc2c1. The summed E-state index contributed by atoms with van der Waals surface area (Å²) in [5.41, 5.74) is 2.81. The van der Waals surface area contributed by atoms with Gasteiger partial charge in [0.2, 0.25) is 0 Å². The van der Waals surface area contributed by atoms with Gasteiger partial charge in [-0.1, -0.05) is 56.5 Å². The van der Waals surface area contributed by atoms with Crippen LogP contribution in [0.25, 0.3) is 10.8 Å². The van der Waals surface area contributed by atoms with Crippen molar-refractivity contribution < 1.29 is 0 Å². The van der Waals surface area contributed by atoms with Crippen LogP contribution in [-0.4, -0.2) is 14.1 Å². The first kappa shape index (κ1) is 13.9. The highest BCUT2D eigenvalue weighted by molar-refractivity contribution is 5.94. The van der Waals surface area contributed by atoms with Gasteiger partial charge in [-0.2, -0.15) is 0 Å². The Labute approximate surface area is 117 Å². The van der Waals surface area contributed by atoms with E-state index in [0.29, 0.717) is 0 Å². The molecule has 1 heteroatoms. The summed E-state index contributed by atoms with van der Waals surface area (Å²) < 4.78 is 0. The quantitative estimate of drug-likeness (QED) is 0.654. The standard InChI is InChI=1S/C18H25N/c1-4-5-6-7-10-15-13-16-11-8-9-12-17(16)18(14-15)19(2)3/h8-9,11-14H,4-7,10H2,1-3H3. The first-order valence-electron chi connectivity index (χ1n) is 7.41. The topological polar surface area (TPSA) is 3.24 Å². The van der Waals surface area contributed by atoms with Gasteiger partial charge in [-0.05, 0) is 29.9 Å². The molecule has 2 rings (SSSR count). The van der Waals surface area contributed by atoms with E-state index in [1.165, 1.54) is 54.1 Å². The van der Waals surface area contributed by atoms with E-state index in [9.17, 15) is 0 Å². The highest BCUT2D eigenvalue weighted by Crippen LogP contribution is 2.28. The molecule has 0 amide bonds. The smallest absolute Gasteiger partial charge is 0.0443 e. The van der Waals surface area contributed by atoms with E-state index in [4.69, 9.17) is 0 Å². The first-order valence-corrected chi connectivity index (χ1v) is 7.41. The Morgan fingerprint density at radius 3 is 2.47 bits per heavy atom. The van der Waals surface area contributed by atoms with Crippen LogP contribution in [0.3, 0.4) is 0 Å². The minimum Gasteiger partial charge on any atom is -0.377 e. The minimum atomic E-state index is 1.20. The third kappa shape index (κ3) is 3.50. The van der Waals surface area contributed by atoms with Gasteiger partial charge in [-0.3, -0.25) is 0 Å². The summed E-state index contributed by atoms with van der Waals surface area (Å²) in [4.78, 5) is 2.22. The number of aryl methyl sites for hydroxylation is 1. The fourth-order valence-electron chi connectivity index (χ4n) is 2.62. The molecule has 0 saturated heterocycles. The Morgan fingerprint density at radius 1 is 0.947 bits per heavy atom. The molecule has 1 nitrogen and oxygen atoms in total. The molecule has 102 valence electrons. The second-order valence-electron chi connectivity index (χ2n) is 5.54. The predicted octanol–water partition coefficient (Wildman–Crippen LogP) is 5.03. The van der Waals surface area contributed by atoms with Crippen molar-refractivity contribution in [1.82, 2.24) is 0 Å². The average molecular weight is 255 g/mol. The maximum Gasteiger partial charge on any atom is 0.0443 e. The third-order valence-electron chi connectivity index (χ3n) is 3.70. The van der Waals surface area contributed by atoms with Gasteiger partial charge in [0.15, 0.2) is 0 Å². The van der Waals surface area contributed by atoms with Crippen molar-refractivity contribution in [3.05, 3.63) is 42.0 Å². The summed E-state index contributed by atoms with van der Waals surface area (Å²) in [5, 5.41) is 2.71. The van der Waals surface area contributed by atoms with Gasteiger partial charge in [0.1, 0.15) is 0 Å². The van der Waals surface area contributed by atoms with Crippen LogP contribution >= 0.6 is 0 Å². The molecule has 0 radical (unpaired) electrons. The van der Waals surface area contributed by atoms with Crippen molar-refractivity contribution in [2.75, 3.05) is 19.0 Å². The van der Waals surface area contributed by atoms with E-state index < -0.39 is 0 Å². The number of fused-ring (bicyclic) bond motifs is 1. The maximum atomic E-state index is 2.36. The highest BCUT2D eigenvalue weighted by atomic mass is 15.1. The summed E-state index contributed by atoms with van der Waals surface area (Å²) in [6.07, 6.45) is 6.51. The molecule has 0 fully saturated rings. The number of hydrogen-bond acceptors (Lipinski definition) is 1. The van der Waals surface area contributed by atoms with Crippen molar-refractivity contribution in [2.24, 2.45) is 0 Å². The van der Waals surface area contributed by atoms with Gasteiger partial charge in [0, 0.05) is 25.2 Å². The molecular formula is C18H25N. The Hall–Kier alpha value is -1.50. The molecule has 0 spiro atoms. The second kappa shape index (κ2) is 6.60. The maximum absolute atomic E-state index is 2.36. The van der Waals surface area contributed by atoms with Gasteiger partial charge >= 0.3 is 0 Å². The monoisotopic (exact) mass is 255 g/mol. The number of anilines is 1. The largest absolute Gasteiger partial charge is 0.377 e. The van der Waals surface area contributed by atoms with E-state index in [2.05, 4.69) is 62.3 Å². The lowest BCUT2D eigenvalue weighted by Crippen LogP contribution is -2.09. The van der Waals surface area contributed by atoms with Gasteiger partial charge in [-0.25, -0.2) is 0 Å². The minimum absolute atomic E-state index is 1.20. The third-order valence-corrected chi connectivity index (χ3v) is 3.70. The van der Waals surface area contributed by atoms with Crippen molar-refractivity contribution in [2.45, 2.75) is 39.0 Å². The van der Waals surface area contributed by atoms with Gasteiger partial charge in [0.25, 0.3) is 0 Å². The zero-order valence-corrected chi connectivity index (χ0v) is 12.4. The highest BCUT2D eigenvalue weighted by Gasteiger charge is 2.05. The Bertz CT molecular complexity index is 528. The van der Waals surface area contributed by atoms with E-state index in [1.54, 1.807) is 0 Å². The summed E-state index contributed by atoms with van der Waals surface area (Å²) in [5.74, 6) is 0. The molecule has 0 aliphatic heterocycles. The second-order valence-corrected chi connectivity index (χ2v) is 5.54. The number of nitrogens with zero attached hydrogens (tertiary/aromatic N) is 1. The van der Waals surface area contributed by atoms with E-state index in [1.807, 2.05) is 0 Å². The Kier molecular flexibility index (Phi) is 4.84. The molecule has 0 bridgehead atoms. The number of hydrogen-bond donors (Lipinski definition) is 0. The van der Waals surface area contributed by atoms with Gasteiger partial charge < -0.3 is 4.90 Å². The van der Waals surface area contributed by atoms with Crippen LogP contribution in [0.2, 0.25) is 0 Å². The van der Waals surface area contributed by atoms with E-state index in [-0.39, 0.29) is 0 Å². The molecule has 0 atom stereocenters. The van der Waals surface area contributed by atoms with Crippen LogP contribution in [0.5, 0.6) is 0 Å². The molecule has 0 aliphatic carbocycles. The summed E-state index contributed by atoms with van der Waals surface area (Å²) in [6, 6.07) is 13.4. The summed E-state index contributed by atoms with van der Waals surface area (Å²) in [7, 11) is 4.26. The fraction of sp³-hybridized carbons (Fsp3) is 0.444. The Balaban J connectivity index is 2.25. The summed E-state index contributed by atoms with van der Waals surface area (Å²) in [6.45, 7) is 2.26. The number of benzene rings is 2. The number of unbranched alkanes of at least 4 members (excludes halogenated alkanes) is 3. The lowest BCUT2D eigenvalue weighted by molar-refractivity contribution is 0.667. The Morgan fingerprint density at radius 2 is 1.74 bits per heavy atom. The van der Waals surface area contributed by atoms with E-state index >= 15 is 0 Å². The lowest BCUT2D eigenvalue weighted by Gasteiger charge is -2.17.